The summed E-state index contributed by atoms with van der Waals surface area (Å²) in [5, 5.41) is 0. The summed E-state index contributed by atoms with van der Waals surface area (Å²) in [6, 6.07) is 1.63. The van der Waals surface area contributed by atoms with Crippen molar-refractivity contribution in [2.24, 2.45) is 23.7 Å². The second kappa shape index (κ2) is 10.9. The van der Waals surface area contributed by atoms with Gasteiger partial charge >= 0.3 is 0 Å². The van der Waals surface area contributed by atoms with Crippen molar-refractivity contribution >= 4 is 5.57 Å². The maximum absolute atomic E-state index is 15.4. The molecule has 1 aromatic carbocycles. The molecule has 0 radical (unpaired) electrons. The van der Waals surface area contributed by atoms with Crippen LogP contribution in [0.3, 0.4) is 0 Å². The summed E-state index contributed by atoms with van der Waals surface area (Å²) in [4.78, 5) is 0. The second-order valence-corrected chi connectivity index (χ2v) is 12.0. The molecule has 0 saturated heterocycles. The number of benzene rings is 1. The fourth-order valence-corrected chi connectivity index (χ4v) is 7.44. The predicted octanol–water partition coefficient (Wildman–Crippen LogP) is 9.42. The number of hydrogen-bond donors (Lipinski definition) is 0. The van der Waals surface area contributed by atoms with Gasteiger partial charge in [-0.15, -0.1) is 6.58 Å². The number of halogens is 4. The van der Waals surface area contributed by atoms with Gasteiger partial charge < -0.3 is 0 Å². The van der Waals surface area contributed by atoms with E-state index in [1.807, 2.05) is 0 Å². The molecule has 1 aromatic rings. The van der Waals surface area contributed by atoms with Crippen LogP contribution in [0, 0.1) is 35.3 Å². The van der Waals surface area contributed by atoms with Crippen LogP contribution in [0.2, 0.25) is 0 Å². The maximum Gasteiger partial charge on any atom is 0.167 e. The van der Waals surface area contributed by atoms with Crippen LogP contribution in [0.5, 0.6) is 0 Å². The Morgan fingerprint density at radius 2 is 1.56 bits per heavy atom. The molecule has 4 heteroatoms. The van der Waals surface area contributed by atoms with Crippen molar-refractivity contribution in [1.82, 2.24) is 0 Å². The van der Waals surface area contributed by atoms with E-state index in [1.165, 1.54) is 51.4 Å². The third-order valence-corrected chi connectivity index (χ3v) is 9.68. The molecule has 2 fully saturated rings. The van der Waals surface area contributed by atoms with Crippen LogP contribution >= 0.6 is 0 Å². The SMILES string of the molecule is C=CCCc1cc2c(c(F)c1F)C1=C(C=C(CCC3CCC(C4CCC(C)CC4)CC3)[C@@H](F)C1F)C2. The number of aryl methyl sites for hydroxylation is 1. The first-order valence-electron chi connectivity index (χ1n) is 14.2. The number of allylic oxidation sites excluding steroid dienone is 5. The van der Waals surface area contributed by atoms with E-state index in [0.29, 0.717) is 48.3 Å². The van der Waals surface area contributed by atoms with Crippen molar-refractivity contribution in [2.45, 2.75) is 103 Å². The molecule has 1 unspecified atom stereocenters. The van der Waals surface area contributed by atoms with Crippen LogP contribution in [-0.4, -0.2) is 12.3 Å². The molecule has 4 aliphatic rings. The van der Waals surface area contributed by atoms with Gasteiger partial charge in [0.15, 0.2) is 24.0 Å². The maximum atomic E-state index is 15.4. The Bertz CT molecular complexity index is 1030. The fraction of sp³-hybridized carbons (Fsp3) is 0.625. The van der Waals surface area contributed by atoms with E-state index in [9.17, 15) is 8.78 Å². The lowest BCUT2D eigenvalue weighted by Gasteiger charge is -2.37. The van der Waals surface area contributed by atoms with E-state index in [1.54, 1.807) is 18.2 Å². The van der Waals surface area contributed by atoms with E-state index in [0.717, 1.165) is 24.2 Å². The zero-order chi connectivity index (χ0) is 25.4. The first-order valence-corrected chi connectivity index (χ1v) is 14.2. The summed E-state index contributed by atoms with van der Waals surface area (Å²) in [6.07, 6.45) is 12.8. The zero-order valence-corrected chi connectivity index (χ0v) is 21.6. The molecule has 5 rings (SSSR count). The zero-order valence-electron chi connectivity index (χ0n) is 21.6. The van der Waals surface area contributed by atoms with Gasteiger partial charge in [-0.1, -0.05) is 50.8 Å². The Balaban J connectivity index is 1.23. The average Bonchev–Trinajstić information content (AvgIpc) is 3.26. The van der Waals surface area contributed by atoms with E-state index in [-0.39, 0.29) is 16.7 Å². The molecule has 36 heavy (non-hydrogen) atoms. The molecule has 0 bridgehead atoms. The van der Waals surface area contributed by atoms with Crippen molar-refractivity contribution in [2.75, 3.05) is 0 Å². The van der Waals surface area contributed by atoms with Crippen LogP contribution in [0.4, 0.5) is 17.6 Å². The Hall–Kier alpha value is -1.84. The molecule has 2 saturated carbocycles. The van der Waals surface area contributed by atoms with Crippen LogP contribution in [0.25, 0.3) is 5.57 Å². The predicted molar refractivity (Wildman–Crippen MR) is 139 cm³/mol. The van der Waals surface area contributed by atoms with Crippen molar-refractivity contribution in [3.63, 3.8) is 0 Å². The highest BCUT2D eigenvalue weighted by molar-refractivity contribution is 5.83. The smallest absolute Gasteiger partial charge is 0.167 e. The van der Waals surface area contributed by atoms with Gasteiger partial charge in [-0.2, -0.15) is 0 Å². The lowest BCUT2D eigenvalue weighted by atomic mass is 9.69. The highest BCUT2D eigenvalue weighted by Crippen LogP contribution is 2.47. The summed E-state index contributed by atoms with van der Waals surface area (Å²) < 4.78 is 60.2. The van der Waals surface area contributed by atoms with Crippen molar-refractivity contribution in [3.05, 3.63) is 64.3 Å². The minimum atomic E-state index is -1.93. The minimum Gasteiger partial charge on any atom is -0.239 e. The van der Waals surface area contributed by atoms with Gasteiger partial charge in [0.25, 0.3) is 0 Å². The fourth-order valence-electron chi connectivity index (χ4n) is 7.44. The lowest BCUT2D eigenvalue weighted by molar-refractivity contribution is 0.146. The van der Waals surface area contributed by atoms with E-state index >= 15 is 8.78 Å². The molecule has 0 N–H and O–H groups in total. The molecule has 4 aliphatic carbocycles. The first-order chi connectivity index (χ1) is 17.4. The highest BCUT2D eigenvalue weighted by Gasteiger charge is 2.40. The molecular formula is C32H40F4. The van der Waals surface area contributed by atoms with Gasteiger partial charge in [0.05, 0.1) is 0 Å². The summed E-state index contributed by atoms with van der Waals surface area (Å²) in [7, 11) is 0. The second-order valence-electron chi connectivity index (χ2n) is 12.0. The number of rotatable bonds is 7. The Kier molecular flexibility index (Phi) is 7.79. The summed E-state index contributed by atoms with van der Waals surface area (Å²) in [6.45, 7) is 6.01. The molecule has 0 amide bonds. The molecular weight excluding hydrogens is 460 g/mol. The summed E-state index contributed by atoms with van der Waals surface area (Å²) >= 11 is 0. The molecule has 0 aliphatic heterocycles. The molecule has 196 valence electrons. The van der Waals surface area contributed by atoms with Gasteiger partial charge in [0.2, 0.25) is 0 Å². The third kappa shape index (κ3) is 4.98. The van der Waals surface area contributed by atoms with E-state index in [2.05, 4.69) is 13.5 Å². The van der Waals surface area contributed by atoms with Crippen LogP contribution in [-0.2, 0) is 12.8 Å². The Morgan fingerprint density at radius 1 is 0.889 bits per heavy atom. The van der Waals surface area contributed by atoms with Gasteiger partial charge in [0.1, 0.15) is 0 Å². The molecule has 0 heterocycles. The van der Waals surface area contributed by atoms with Crippen LogP contribution < -0.4 is 0 Å². The van der Waals surface area contributed by atoms with Gasteiger partial charge in [-0.3, -0.25) is 0 Å². The molecule has 0 aromatic heterocycles. The van der Waals surface area contributed by atoms with Gasteiger partial charge in [-0.25, -0.2) is 17.6 Å². The topological polar surface area (TPSA) is 0 Å². The number of alkyl halides is 2. The Morgan fingerprint density at radius 3 is 2.22 bits per heavy atom. The van der Waals surface area contributed by atoms with Crippen molar-refractivity contribution < 1.29 is 17.6 Å². The lowest BCUT2D eigenvalue weighted by Crippen LogP contribution is -2.27. The molecule has 0 nitrogen and oxygen atoms in total. The number of hydrogen-bond acceptors (Lipinski definition) is 0. The first kappa shape index (κ1) is 25.8. The highest BCUT2D eigenvalue weighted by atomic mass is 19.2. The van der Waals surface area contributed by atoms with Gasteiger partial charge in [0, 0.05) is 11.1 Å². The molecule has 2 atom stereocenters. The monoisotopic (exact) mass is 500 g/mol. The molecule has 0 spiro atoms. The summed E-state index contributed by atoms with van der Waals surface area (Å²) in [5.41, 5.74) is 1.93. The van der Waals surface area contributed by atoms with Crippen molar-refractivity contribution in [3.8, 4) is 0 Å². The third-order valence-electron chi connectivity index (χ3n) is 9.68. The van der Waals surface area contributed by atoms with E-state index < -0.39 is 24.0 Å². The van der Waals surface area contributed by atoms with E-state index in [4.69, 9.17) is 0 Å². The normalized spacial score (nSPS) is 32.2. The average molecular weight is 501 g/mol. The minimum absolute atomic E-state index is 0.0234. The standard InChI is InChI=1S/C32H40F4/c1-3-4-5-23-16-25-18-26-17-24(30(34)32(36)28(26)27(25)31(35)29(23)33)15-10-20-8-13-22(14-9-20)21-11-6-19(2)7-12-21/h3,16-17,19-22,30,32H,1,4-15,18H2,2H3/t19?,20?,21?,22?,30-,32?/m1/s1. The van der Waals surface area contributed by atoms with Gasteiger partial charge in [-0.05, 0) is 104 Å². The Labute approximate surface area is 213 Å². The van der Waals surface area contributed by atoms with Crippen molar-refractivity contribution in [1.29, 1.82) is 0 Å². The number of fused-ring (bicyclic) bond motifs is 2. The van der Waals surface area contributed by atoms with Crippen LogP contribution in [0.15, 0.2) is 35.9 Å². The quantitative estimate of drug-likeness (QED) is 0.258. The largest absolute Gasteiger partial charge is 0.239 e. The van der Waals surface area contributed by atoms with Crippen LogP contribution in [0.1, 0.15) is 94.2 Å². The summed E-state index contributed by atoms with van der Waals surface area (Å²) in [5.74, 6) is 1.22.